The fourth-order valence-electron chi connectivity index (χ4n) is 2.43. The van der Waals surface area contributed by atoms with E-state index in [0.717, 1.165) is 35.8 Å². The number of anilines is 1. The van der Waals surface area contributed by atoms with Crippen molar-refractivity contribution in [3.63, 3.8) is 0 Å². The number of hydrogen-bond acceptors (Lipinski definition) is 4. The second kappa shape index (κ2) is 5.76. The molecule has 1 N–H and O–H groups in total. The Balaban J connectivity index is 1.80. The summed E-state index contributed by atoms with van der Waals surface area (Å²) in [6.45, 7) is 0.724. The highest BCUT2D eigenvalue weighted by atomic mass is 16.5. The third kappa shape index (κ3) is 2.77. The van der Waals surface area contributed by atoms with E-state index >= 15 is 0 Å². The van der Waals surface area contributed by atoms with Crippen LogP contribution in [0.15, 0.2) is 42.5 Å². The van der Waals surface area contributed by atoms with E-state index in [1.54, 1.807) is 7.11 Å². The summed E-state index contributed by atoms with van der Waals surface area (Å²) >= 11 is 0. The minimum Gasteiger partial charge on any atom is -0.497 e. The standard InChI is InChI=1S/C17H16N2O2/c1-20-15-5-3-14(4-6-15)19-16(11-18)12-2-7-17-13(10-12)8-9-21-17/h2-7,10,16,19H,8-9H2,1H3. The van der Waals surface area contributed by atoms with Crippen molar-refractivity contribution in [3.05, 3.63) is 53.6 Å². The Kier molecular flexibility index (Phi) is 3.65. The van der Waals surface area contributed by atoms with Crippen LogP contribution in [0.4, 0.5) is 5.69 Å². The number of fused-ring (bicyclic) bond motifs is 1. The molecular weight excluding hydrogens is 264 g/mol. The molecule has 1 heterocycles. The molecule has 0 aromatic heterocycles. The highest BCUT2D eigenvalue weighted by Crippen LogP contribution is 2.29. The lowest BCUT2D eigenvalue weighted by Crippen LogP contribution is -2.08. The number of benzene rings is 2. The summed E-state index contributed by atoms with van der Waals surface area (Å²) in [5.74, 6) is 1.73. The van der Waals surface area contributed by atoms with E-state index in [1.807, 2.05) is 42.5 Å². The fourth-order valence-corrected chi connectivity index (χ4v) is 2.43. The Morgan fingerprint density at radius 1 is 1.24 bits per heavy atom. The summed E-state index contributed by atoms with van der Waals surface area (Å²) in [4.78, 5) is 0. The minimum absolute atomic E-state index is 0.385. The largest absolute Gasteiger partial charge is 0.497 e. The molecule has 0 bridgehead atoms. The molecule has 0 radical (unpaired) electrons. The molecule has 0 aliphatic carbocycles. The van der Waals surface area contributed by atoms with Crippen molar-refractivity contribution < 1.29 is 9.47 Å². The number of hydrogen-bond donors (Lipinski definition) is 1. The zero-order chi connectivity index (χ0) is 14.7. The lowest BCUT2D eigenvalue weighted by atomic mass is 10.0. The van der Waals surface area contributed by atoms with Crippen molar-refractivity contribution in [2.45, 2.75) is 12.5 Å². The number of methoxy groups -OCH3 is 1. The predicted octanol–water partition coefficient (Wildman–Crippen LogP) is 3.31. The molecule has 0 saturated carbocycles. The summed E-state index contributed by atoms with van der Waals surface area (Å²) < 4.78 is 10.6. The van der Waals surface area contributed by atoms with Gasteiger partial charge in [-0.2, -0.15) is 5.26 Å². The lowest BCUT2D eigenvalue weighted by molar-refractivity contribution is 0.357. The maximum atomic E-state index is 9.42. The van der Waals surface area contributed by atoms with Gasteiger partial charge in [-0.1, -0.05) is 6.07 Å². The number of nitrogens with zero attached hydrogens (tertiary/aromatic N) is 1. The lowest BCUT2D eigenvalue weighted by Gasteiger charge is -2.14. The molecule has 1 aliphatic heterocycles. The molecule has 106 valence electrons. The number of rotatable bonds is 4. The van der Waals surface area contributed by atoms with Gasteiger partial charge in [-0.3, -0.25) is 0 Å². The Morgan fingerprint density at radius 2 is 2.05 bits per heavy atom. The molecule has 0 spiro atoms. The first-order valence-electron chi connectivity index (χ1n) is 6.86. The van der Waals surface area contributed by atoms with Crippen LogP contribution in [0.3, 0.4) is 0 Å². The van der Waals surface area contributed by atoms with E-state index < -0.39 is 0 Å². The zero-order valence-corrected chi connectivity index (χ0v) is 11.8. The second-order valence-corrected chi connectivity index (χ2v) is 4.90. The quantitative estimate of drug-likeness (QED) is 0.933. The van der Waals surface area contributed by atoms with Crippen LogP contribution in [0.1, 0.15) is 17.2 Å². The maximum Gasteiger partial charge on any atom is 0.140 e. The Morgan fingerprint density at radius 3 is 2.76 bits per heavy atom. The predicted molar refractivity (Wildman–Crippen MR) is 80.6 cm³/mol. The van der Waals surface area contributed by atoms with E-state index in [1.165, 1.54) is 5.56 Å². The van der Waals surface area contributed by atoms with Gasteiger partial charge in [0.15, 0.2) is 0 Å². The molecule has 1 aliphatic rings. The van der Waals surface area contributed by atoms with Crippen LogP contribution in [-0.4, -0.2) is 13.7 Å². The van der Waals surface area contributed by atoms with Crippen LogP contribution in [-0.2, 0) is 6.42 Å². The molecule has 21 heavy (non-hydrogen) atoms. The van der Waals surface area contributed by atoms with Gasteiger partial charge >= 0.3 is 0 Å². The zero-order valence-electron chi connectivity index (χ0n) is 11.8. The molecule has 1 atom stereocenters. The van der Waals surface area contributed by atoms with Gasteiger partial charge in [0.05, 0.1) is 19.8 Å². The normalized spacial score (nSPS) is 13.7. The van der Waals surface area contributed by atoms with Gasteiger partial charge < -0.3 is 14.8 Å². The molecule has 2 aromatic carbocycles. The van der Waals surface area contributed by atoms with Gasteiger partial charge in [0.25, 0.3) is 0 Å². The molecule has 0 saturated heterocycles. The number of ether oxygens (including phenoxy) is 2. The highest BCUT2D eigenvalue weighted by Gasteiger charge is 2.16. The van der Waals surface area contributed by atoms with Crippen molar-refractivity contribution in [3.8, 4) is 17.6 Å². The van der Waals surface area contributed by atoms with Crippen molar-refractivity contribution >= 4 is 5.69 Å². The molecule has 4 nitrogen and oxygen atoms in total. The van der Waals surface area contributed by atoms with Gasteiger partial charge in [-0.25, -0.2) is 0 Å². The van der Waals surface area contributed by atoms with Crippen LogP contribution in [0.25, 0.3) is 0 Å². The topological polar surface area (TPSA) is 54.3 Å². The Hall–Kier alpha value is -2.67. The van der Waals surface area contributed by atoms with Crippen molar-refractivity contribution in [1.82, 2.24) is 0 Å². The average molecular weight is 280 g/mol. The van der Waals surface area contributed by atoms with Crippen molar-refractivity contribution in [2.24, 2.45) is 0 Å². The van der Waals surface area contributed by atoms with E-state index in [2.05, 4.69) is 11.4 Å². The third-order valence-electron chi connectivity index (χ3n) is 3.58. The summed E-state index contributed by atoms with van der Waals surface area (Å²) in [6, 6.07) is 15.4. The molecule has 3 rings (SSSR count). The van der Waals surface area contributed by atoms with Gasteiger partial charge in [0.1, 0.15) is 17.5 Å². The monoisotopic (exact) mass is 280 g/mol. The first-order chi connectivity index (χ1) is 10.3. The van der Waals surface area contributed by atoms with E-state index in [0.29, 0.717) is 0 Å². The highest BCUT2D eigenvalue weighted by molar-refractivity contribution is 5.51. The van der Waals surface area contributed by atoms with E-state index in [-0.39, 0.29) is 6.04 Å². The maximum absolute atomic E-state index is 9.42. The van der Waals surface area contributed by atoms with Gasteiger partial charge in [-0.05, 0) is 47.5 Å². The molecule has 4 heteroatoms. The first-order valence-corrected chi connectivity index (χ1v) is 6.86. The second-order valence-electron chi connectivity index (χ2n) is 4.90. The Bertz CT molecular complexity index is 674. The number of nitrogens with one attached hydrogen (secondary N) is 1. The van der Waals surface area contributed by atoms with Crippen LogP contribution in [0, 0.1) is 11.3 Å². The van der Waals surface area contributed by atoms with Crippen molar-refractivity contribution in [2.75, 3.05) is 19.0 Å². The third-order valence-corrected chi connectivity index (χ3v) is 3.58. The van der Waals surface area contributed by atoms with E-state index in [4.69, 9.17) is 9.47 Å². The van der Waals surface area contributed by atoms with Crippen LogP contribution >= 0.6 is 0 Å². The van der Waals surface area contributed by atoms with Crippen LogP contribution < -0.4 is 14.8 Å². The van der Waals surface area contributed by atoms with Gasteiger partial charge in [-0.15, -0.1) is 0 Å². The molecule has 0 fully saturated rings. The van der Waals surface area contributed by atoms with Crippen LogP contribution in [0.5, 0.6) is 11.5 Å². The molecule has 0 amide bonds. The fraction of sp³-hybridized carbons (Fsp3) is 0.235. The smallest absolute Gasteiger partial charge is 0.140 e. The Labute approximate surface area is 123 Å². The van der Waals surface area contributed by atoms with Crippen molar-refractivity contribution in [1.29, 1.82) is 5.26 Å². The minimum atomic E-state index is -0.385. The van der Waals surface area contributed by atoms with Gasteiger partial charge in [0.2, 0.25) is 0 Å². The molecular formula is C17H16N2O2. The van der Waals surface area contributed by atoms with E-state index in [9.17, 15) is 5.26 Å². The number of nitriles is 1. The first kappa shape index (κ1) is 13.3. The summed E-state index contributed by atoms with van der Waals surface area (Å²) in [5.41, 5.74) is 3.01. The molecule has 1 unspecified atom stereocenters. The average Bonchev–Trinajstić information content (AvgIpc) is 3.00. The summed E-state index contributed by atoms with van der Waals surface area (Å²) in [5, 5.41) is 12.7. The summed E-state index contributed by atoms with van der Waals surface area (Å²) in [7, 11) is 1.63. The molecule has 2 aromatic rings. The van der Waals surface area contributed by atoms with Gasteiger partial charge in [0, 0.05) is 12.1 Å². The summed E-state index contributed by atoms with van der Waals surface area (Å²) in [6.07, 6.45) is 0.907. The SMILES string of the molecule is COc1ccc(NC(C#N)c2ccc3c(c2)CCO3)cc1. The van der Waals surface area contributed by atoms with Crippen LogP contribution in [0.2, 0.25) is 0 Å².